The highest BCUT2D eigenvalue weighted by Crippen LogP contribution is 2.32. The molecule has 0 bridgehead atoms. The molecule has 1 aliphatic rings. The smallest absolute Gasteiger partial charge is 0.387 e. The number of nitrogens with zero attached hydrogens (tertiary/aromatic N) is 1. The molecule has 1 aromatic heterocycles. The van der Waals surface area contributed by atoms with E-state index in [1.807, 2.05) is 6.07 Å². The van der Waals surface area contributed by atoms with E-state index in [-0.39, 0.29) is 11.7 Å². The van der Waals surface area contributed by atoms with Crippen molar-refractivity contribution in [1.29, 1.82) is 0 Å². The summed E-state index contributed by atoms with van der Waals surface area (Å²) in [5, 5.41) is 4.06. The number of rotatable bonds is 5. The second kappa shape index (κ2) is 7.95. The summed E-state index contributed by atoms with van der Waals surface area (Å²) in [6.07, 6.45) is 3.15. The Kier molecular flexibility index (Phi) is 5.66. The van der Waals surface area contributed by atoms with Crippen molar-refractivity contribution >= 4 is 23.0 Å². The molecule has 1 N–H and O–H groups in total. The topological polar surface area (TPSA) is 50.7 Å². The van der Waals surface area contributed by atoms with E-state index >= 15 is 0 Å². The number of thiophene rings is 1. The van der Waals surface area contributed by atoms with Gasteiger partial charge in [-0.2, -0.15) is 13.9 Å². The number of para-hydroxylation sites is 1. The molecule has 138 valence electrons. The van der Waals surface area contributed by atoms with Crippen molar-refractivity contribution in [3.63, 3.8) is 0 Å². The zero-order valence-corrected chi connectivity index (χ0v) is 15.4. The summed E-state index contributed by atoms with van der Waals surface area (Å²) in [4.78, 5) is 14.3. The van der Waals surface area contributed by atoms with Crippen molar-refractivity contribution in [2.45, 2.75) is 39.7 Å². The maximum absolute atomic E-state index is 12.5. The van der Waals surface area contributed by atoms with Crippen LogP contribution in [0, 0.1) is 5.92 Å². The molecule has 4 nitrogen and oxygen atoms in total. The van der Waals surface area contributed by atoms with Gasteiger partial charge in [0, 0.05) is 10.4 Å². The first-order valence-electron chi connectivity index (χ1n) is 8.44. The second-order valence-electron chi connectivity index (χ2n) is 6.42. The van der Waals surface area contributed by atoms with E-state index in [9.17, 15) is 13.6 Å². The fraction of sp³-hybridized carbons (Fsp3) is 0.368. The van der Waals surface area contributed by atoms with Crippen molar-refractivity contribution in [3.05, 3.63) is 51.2 Å². The maximum atomic E-state index is 12.5. The lowest BCUT2D eigenvalue weighted by atomic mass is 9.90. The lowest BCUT2D eigenvalue weighted by Gasteiger charge is -2.16. The molecule has 0 unspecified atom stereocenters. The Labute approximate surface area is 154 Å². The highest BCUT2D eigenvalue weighted by molar-refractivity contribution is 7.14. The quantitative estimate of drug-likeness (QED) is 0.609. The Morgan fingerprint density at radius 2 is 2.15 bits per heavy atom. The van der Waals surface area contributed by atoms with Crippen molar-refractivity contribution in [1.82, 2.24) is 5.43 Å². The number of amides is 1. The Morgan fingerprint density at radius 1 is 1.38 bits per heavy atom. The fourth-order valence-corrected chi connectivity index (χ4v) is 4.13. The second-order valence-corrected chi connectivity index (χ2v) is 7.56. The molecule has 1 aromatic carbocycles. The van der Waals surface area contributed by atoms with E-state index in [1.165, 1.54) is 27.8 Å². The molecule has 2 aromatic rings. The minimum atomic E-state index is -2.92. The van der Waals surface area contributed by atoms with Gasteiger partial charge in [-0.3, -0.25) is 4.79 Å². The summed E-state index contributed by atoms with van der Waals surface area (Å²) in [5.74, 6) is 0.377. The first kappa shape index (κ1) is 18.5. The van der Waals surface area contributed by atoms with Gasteiger partial charge in [0.05, 0.1) is 10.6 Å². The molecule has 0 fully saturated rings. The molecule has 0 aliphatic heterocycles. The zero-order chi connectivity index (χ0) is 18.7. The van der Waals surface area contributed by atoms with Gasteiger partial charge >= 0.3 is 6.61 Å². The number of hydrazone groups is 1. The number of hydrogen-bond acceptors (Lipinski definition) is 4. The zero-order valence-electron chi connectivity index (χ0n) is 14.6. The fourth-order valence-electron chi connectivity index (χ4n) is 3.03. The molecule has 3 rings (SSSR count). The lowest BCUT2D eigenvalue weighted by molar-refractivity contribution is -0.0499. The summed E-state index contributed by atoms with van der Waals surface area (Å²) >= 11 is 1.50. The number of benzene rings is 1. The summed E-state index contributed by atoms with van der Waals surface area (Å²) in [6.45, 7) is 0.931. The molecule has 1 aliphatic carbocycles. The number of nitrogens with one attached hydrogen (secondary N) is 1. The van der Waals surface area contributed by atoms with E-state index in [4.69, 9.17) is 0 Å². The SMILES string of the molecule is C/C(=N/NC(=O)c1cc2c(s1)CC[C@H](C)C2)c1ccccc1OC(F)F. The maximum Gasteiger partial charge on any atom is 0.387 e. The predicted molar refractivity (Wildman–Crippen MR) is 98.3 cm³/mol. The van der Waals surface area contributed by atoms with Crippen molar-refractivity contribution in [3.8, 4) is 5.75 Å². The molecule has 26 heavy (non-hydrogen) atoms. The number of alkyl halides is 2. The molecule has 1 atom stereocenters. The molecular formula is C19H20F2N2O2S. The minimum Gasteiger partial charge on any atom is -0.434 e. The van der Waals surface area contributed by atoms with Crippen LogP contribution in [0.3, 0.4) is 0 Å². The van der Waals surface area contributed by atoms with Crippen LogP contribution in [0.15, 0.2) is 35.4 Å². The molecule has 0 saturated heterocycles. The van der Waals surface area contributed by atoms with Gasteiger partial charge in [-0.05, 0) is 55.9 Å². The van der Waals surface area contributed by atoms with Crippen molar-refractivity contribution < 1.29 is 18.3 Å². The lowest BCUT2D eigenvalue weighted by Crippen LogP contribution is -2.18. The Hall–Kier alpha value is -2.28. The van der Waals surface area contributed by atoms with Crippen LogP contribution in [-0.4, -0.2) is 18.2 Å². The number of carbonyl (C=O) groups is 1. The summed E-state index contributed by atoms with van der Waals surface area (Å²) < 4.78 is 29.5. The molecule has 0 spiro atoms. The predicted octanol–water partition coefficient (Wildman–Crippen LogP) is 4.63. The van der Waals surface area contributed by atoms with Crippen LogP contribution in [0.2, 0.25) is 0 Å². The van der Waals surface area contributed by atoms with Gasteiger partial charge in [-0.25, -0.2) is 5.43 Å². The molecule has 1 heterocycles. The normalized spacial score (nSPS) is 17.1. The number of carbonyl (C=O) groups excluding carboxylic acids is 1. The van der Waals surface area contributed by atoms with E-state index in [2.05, 4.69) is 22.2 Å². The van der Waals surface area contributed by atoms with Crippen molar-refractivity contribution in [2.75, 3.05) is 0 Å². The van der Waals surface area contributed by atoms with Gasteiger partial charge in [0.2, 0.25) is 0 Å². The molecule has 1 amide bonds. The third-order valence-electron chi connectivity index (χ3n) is 4.37. The van der Waals surface area contributed by atoms with Crippen LogP contribution in [0.5, 0.6) is 5.75 Å². The highest BCUT2D eigenvalue weighted by Gasteiger charge is 2.20. The number of hydrogen-bond donors (Lipinski definition) is 1. The first-order chi connectivity index (χ1) is 12.4. The van der Waals surface area contributed by atoms with Crippen LogP contribution < -0.4 is 10.2 Å². The summed E-state index contributed by atoms with van der Waals surface area (Å²) in [6, 6.07) is 8.29. The molecule has 0 saturated carbocycles. The standard InChI is InChI=1S/C19H20F2N2O2S/c1-11-7-8-16-13(9-11)10-17(26-16)18(24)23-22-12(2)14-5-3-4-6-15(14)25-19(20)21/h3-6,10-11,19H,7-9H2,1-2H3,(H,23,24)/b22-12-/t11-/m0/s1. The number of aryl methyl sites for hydroxylation is 1. The van der Waals surface area contributed by atoms with E-state index in [0.717, 1.165) is 19.3 Å². The van der Waals surface area contributed by atoms with E-state index in [0.29, 0.717) is 22.1 Å². The number of halogens is 2. The summed E-state index contributed by atoms with van der Waals surface area (Å²) in [5.41, 5.74) is 4.56. The van der Waals surface area contributed by atoms with Crippen LogP contribution in [0.25, 0.3) is 0 Å². The van der Waals surface area contributed by atoms with Gasteiger partial charge in [0.15, 0.2) is 0 Å². The van der Waals surface area contributed by atoms with Crippen molar-refractivity contribution in [2.24, 2.45) is 11.0 Å². The Balaban J connectivity index is 1.72. The monoisotopic (exact) mass is 378 g/mol. The Morgan fingerprint density at radius 3 is 2.92 bits per heavy atom. The Bertz CT molecular complexity index is 833. The minimum absolute atomic E-state index is 0.0265. The molecular weight excluding hydrogens is 358 g/mol. The molecule has 7 heteroatoms. The van der Waals surface area contributed by atoms with Gasteiger partial charge in [-0.1, -0.05) is 19.1 Å². The van der Waals surface area contributed by atoms with Gasteiger partial charge in [-0.15, -0.1) is 11.3 Å². The molecule has 0 radical (unpaired) electrons. The first-order valence-corrected chi connectivity index (χ1v) is 9.26. The van der Waals surface area contributed by atoms with Crippen LogP contribution >= 0.6 is 11.3 Å². The van der Waals surface area contributed by atoms with Crippen LogP contribution in [-0.2, 0) is 12.8 Å². The van der Waals surface area contributed by atoms with E-state index < -0.39 is 6.61 Å². The van der Waals surface area contributed by atoms with Gasteiger partial charge in [0.1, 0.15) is 5.75 Å². The third-order valence-corrected chi connectivity index (χ3v) is 5.61. The van der Waals surface area contributed by atoms with Gasteiger partial charge < -0.3 is 4.74 Å². The van der Waals surface area contributed by atoms with Crippen LogP contribution in [0.1, 0.15) is 45.9 Å². The third kappa shape index (κ3) is 4.27. The number of ether oxygens (including phenoxy) is 1. The summed E-state index contributed by atoms with van der Waals surface area (Å²) in [7, 11) is 0. The largest absolute Gasteiger partial charge is 0.434 e. The average Bonchev–Trinajstić information content (AvgIpc) is 3.02. The average molecular weight is 378 g/mol. The van der Waals surface area contributed by atoms with E-state index in [1.54, 1.807) is 25.1 Å². The highest BCUT2D eigenvalue weighted by atomic mass is 32.1. The van der Waals surface area contributed by atoms with Crippen LogP contribution in [0.4, 0.5) is 8.78 Å². The van der Waals surface area contributed by atoms with Gasteiger partial charge in [0.25, 0.3) is 5.91 Å². The number of fused-ring (bicyclic) bond motifs is 1.